The highest BCUT2D eigenvalue weighted by Crippen LogP contribution is 2.26. The molecule has 2 rings (SSSR count). The van der Waals surface area contributed by atoms with Gasteiger partial charge in [-0.25, -0.2) is 0 Å². The van der Waals surface area contributed by atoms with Crippen LogP contribution in [0.5, 0.6) is 5.75 Å². The molecule has 0 atom stereocenters. The van der Waals surface area contributed by atoms with Gasteiger partial charge >= 0.3 is 0 Å². The van der Waals surface area contributed by atoms with Gasteiger partial charge in [0.05, 0.1) is 0 Å². The Labute approximate surface area is 117 Å². The molecular formula is C15H19BrO2. The molecule has 0 unspecified atom stereocenters. The quantitative estimate of drug-likeness (QED) is 0.829. The fraction of sp³-hybridized carbons (Fsp3) is 0.533. The standard InChI is InChI=1S/C15H19BrO2/c1-11-9-13(16)7-8-15(11)18-10-14(17)12-5-3-2-4-6-12/h7-9,12H,2-6,10H2,1H3. The number of carbonyl (C=O) groups excluding carboxylic acids is 1. The van der Waals surface area contributed by atoms with Gasteiger partial charge in [0.2, 0.25) is 0 Å². The van der Waals surface area contributed by atoms with E-state index in [1.54, 1.807) is 0 Å². The van der Waals surface area contributed by atoms with Crippen molar-refractivity contribution in [1.82, 2.24) is 0 Å². The van der Waals surface area contributed by atoms with Gasteiger partial charge in [-0.15, -0.1) is 0 Å². The SMILES string of the molecule is Cc1cc(Br)ccc1OCC(=O)C1CCCCC1. The van der Waals surface area contributed by atoms with Crippen LogP contribution in [0.25, 0.3) is 0 Å². The molecule has 0 aliphatic heterocycles. The molecule has 0 amide bonds. The third kappa shape index (κ3) is 3.58. The summed E-state index contributed by atoms with van der Waals surface area (Å²) in [7, 11) is 0. The third-order valence-corrected chi connectivity index (χ3v) is 4.06. The van der Waals surface area contributed by atoms with E-state index >= 15 is 0 Å². The summed E-state index contributed by atoms with van der Waals surface area (Å²) in [5.74, 6) is 1.30. The topological polar surface area (TPSA) is 26.3 Å². The van der Waals surface area contributed by atoms with Gasteiger partial charge in [0.1, 0.15) is 12.4 Å². The second kappa shape index (κ2) is 6.37. The Morgan fingerprint density at radius 2 is 2.06 bits per heavy atom. The molecule has 1 fully saturated rings. The van der Waals surface area contributed by atoms with E-state index in [2.05, 4.69) is 15.9 Å². The lowest BCUT2D eigenvalue weighted by Crippen LogP contribution is -2.23. The summed E-state index contributed by atoms with van der Waals surface area (Å²) >= 11 is 3.42. The number of benzene rings is 1. The number of hydrogen-bond acceptors (Lipinski definition) is 2. The number of halogens is 1. The molecule has 98 valence electrons. The highest BCUT2D eigenvalue weighted by Gasteiger charge is 2.21. The molecule has 18 heavy (non-hydrogen) atoms. The van der Waals surface area contributed by atoms with E-state index in [-0.39, 0.29) is 18.3 Å². The predicted molar refractivity (Wildman–Crippen MR) is 76.0 cm³/mol. The van der Waals surface area contributed by atoms with Gasteiger partial charge in [-0.3, -0.25) is 4.79 Å². The molecule has 1 aromatic rings. The Morgan fingerprint density at radius 1 is 1.33 bits per heavy atom. The maximum absolute atomic E-state index is 12.0. The van der Waals surface area contributed by atoms with Crippen LogP contribution < -0.4 is 4.74 Å². The van der Waals surface area contributed by atoms with Gasteiger partial charge in [-0.2, -0.15) is 0 Å². The van der Waals surface area contributed by atoms with Crippen LogP contribution in [0.1, 0.15) is 37.7 Å². The van der Waals surface area contributed by atoms with E-state index in [0.29, 0.717) is 0 Å². The van der Waals surface area contributed by atoms with Crippen molar-refractivity contribution in [3.05, 3.63) is 28.2 Å². The Kier molecular flexibility index (Phi) is 4.81. The van der Waals surface area contributed by atoms with Gasteiger partial charge in [0.15, 0.2) is 5.78 Å². The number of ketones is 1. The highest BCUT2D eigenvalue weighted by molar-refractivity contribution is 9.10. The van der Waals surface area contributed by atoms with E-state index < -0.39 is 0 Å². The third-order valence-electron chi connectivity index (χ3n) is 3.57. The largest absolute Gasteiger partial charge is 0.486 e. The van der Waals surface area contributed by atoms with Crippen LogP contribution in [0.15, 0.2) is 22.7 Å². The number of rotatable bonds is 4. The van der Waals surface area contributed by atoms with Crippen LogP contribution in [0, 0.1) is 12.8 Å². The van der Waals surface area contributed by atoms with Crippen LogP contribution in [-0.4, -0.2) is 12.4 Å². The molecule has 0 spiro atoms. The molecule has 1 aliphatic carbocycles. The van der Waals surface area contributed by atoms with Crippen molar-refractivity contribution in [3.8, 4) is 5.75 Å². The van der Waals surface area contributed by atoms with Crippen molar-refractivity contribution in [2.75, 3.05) is 6.61 Å². The minimum absolute atomic E-state index is 0.215. The van der Waals surface area contributed by atoms with E-state index in [0.717, 1.165) is 28.6 Å². The first kappa shape index (κ1) is 13.6. The fourth-order valence-corrected chi connectivity index (χ4v) is 2.94. The lowest BCUT2D eigenvalue weighted by molar-refractivity contribution is -0.125. The number of hydrogen-bond donors (Lipinski definition) is 0. The van der Waals surface area contributed by atoms with Crippen LogP contribution >= 0.6 is 15.9 Å². The van der Waals surface area contributed by atoms with Gasteiger partial charge in [0.25, 0.3) is 0 Å². The zero-order valence-electron chi connectivity index (χ0n) is 10.7. The Hall–Kier alpha value is -0.830. The summed E-state index contributed by atoms with van der Waals surface area (Å²) in [6.45, 7) is 2.21. The van der Waals surface area contributed by atoms with Crippen molar-refractivity contribution in [3.63, 3.8) is 0 Å². The first-order valence-corrected chi connectivity index (χ1v) is 7.38. The van der Waals surface area contributed by atoms with Crippen molar-refractivity contribution < 1.29 is 9.53 Å². The minimum Gasteiger partial charge on any atom is -0.486 e. The maximum atomic E-state index is 12.0. The monoisotopic (exact) mass is 310 g/mol. The summed E-state index contributed by atoms with van der Waals surface area (Å²) < 4.78 is 6.67. The van der Waals surface area contributed by atoms with Gasteiger partial charge < -0.3 is 4.74 Å². The molecule has 1 aromatic carbocycles. The number of aryl methyl sites for hydroxylation is 1. The van der Waals surface area contributed by atoms with E-state index in [4.69, 9.17) is 4.74 Å². The smallest absolute Gasteiger partial charge is 0.173 e. The van der Waals surface area contributed by atoms with Gasteiger partial charge in [-0.05, 0) is 43.5 Å². The number of Topliss-reactive ketones (excluding diaryl/α,β-unsaturated/α-hetero) is 1. The van der Waals surface area contributed by atoms with Gasteiger partial charge in [0, 0.05) is 10.4 Å². The second-order valence-corrected chi connectivity index (χ2v) is 5.92. The molecule has 1 saturated carbocycles. The van der Waals surface area contributed by atoms with Crippen LogP contribution in [0.3, 0.4) is 0 Å². The first-order chi connectivity index (χ1) is 8.66. The van der Waals surface area contributed by atoms with E-state index in [9.17, 15) is 4.79 Å². The highest BCUT2D eigenvalue weighted by atomic mass is 79.9. The van der Waals surface area contributed by atoms with Crippen molar-refractivity contribution in [1.29, 1.82) is 0 Å². The normalized spacial score (nSPS) is 16.6. The van der Waals surface area contributed by atoms with Gasteiger partial charge in [-0.1, -0.05) is 35.2 Å². The lowest BCUT2D eigenvalue weighted by atomic mass is 9.86. The predicted octanol–water partition coefficient (Wildman–Crippen LogP) is 4.29. The molecule has 0 radical (unpaired) electrons. The van der Waals surface area contributed by atoms with Crippen LogP contribution in [0.2, 0.25) is 0 Å². The zero-order chi connectivity index (χ0) is 13.0. The average molecular weight is 311 g/mol. The van der Waals surface area contributed by atoms with Crippen LogP contribution in [0.4, 0.5) is 0 Å². The minimum atomic E-state index is 0.215. The summed E-state index contributed by atoms with van der Waals surface area (Å²) in [5.41, 5.74) is 1.06. The Morgan fingerprint density at radius 3 is 2.72 bits per heavy atom. The molecule has 0 bridgehead atoms. The molecule has 0 N–H and O–H groups in total. The first-order valence-electron chi connectivity index (χ1n) is 6.58. The molecule has 0 aromatic heterocycles. The van der Waals surface area contributed by atoms with Crippen molar-refractivity contribution in [2.24, 2.45) is 5.92 Å². The fourth-order valence-electron chi connectivity index (χ4n) is 2.47. The van der Waals surface area contributed by atoms with E-state index in [1.807, 2.05) is 25.1 Å². The summed E-state index contributed by atoms with van der Waals surface area (Å²) in [6.07, 6.45) is 5.74. The maximum Gasteiger partial charge on any atom is 0.173 e. The van der Waals surface area contributed by atoms with E-state index in [1.165, 1.54) is 19.3 Å². The summed E-state index contributed by atoms with van der Waals surface area (Å²) in [5, 5.41) is 0. The molecule has 0 saturated heterocycles. The molecule has 0 heterocycles. The average Bonchev–Trinajstić information content (AvgIpc) is 2.38. The molecular weight excluding hydrogens is 292 g/mol. The molecule has 2 nitrogen and oxygen atoms in total. The Balaban J connectivity index is 1.88. The zero-order valence-corrected chi connectivity index (χ0v) is 12.3. The lowest BCUT2D eigenvalue weighted by Gasteiger charge is -2.20. The second-order valence-electron chi connectivity index (χ2n) is 5.00. The van der Waals surface area contributed by atoms with Crippen molar-refractivity contribution in [2.45, 2.75) is 39.0 Å². The molecule has 3 heteroatoms. The summed E-state index contributed by atoms with van der Waals surface area (Å²) in [4.78, 5) is 12.0. The summed E-state index contributed by atoms with van der Waals surface area (Å²) in [6, 6.07) is 5.85. The number of ether oxygens (including phenoxy) is 1. The van der Waals surface area contributed by atoms with Crippen LogP contribution in [-0.2, 0) is 4.79 Å². The Bertz CT molecular complexity index is 423. The number of carbonyl (C=O) groups is 1. The molecule has 1 aliphatic rings. The van der Waals surface area contributed by atoms with Crippen molar-refractivity contribution >= 4 is 21.7 Å².